The van der Waals surface area contributed by atoms with Crippen molar-refractivity contribution in [2.45, 2.75) is 13.5 Å². The number of hydrogen-bond donors (Lipinski definition) is 0. The lowest BCUT2D eigenvalue weighted by Crippen LogP contribution is -2.02. The molecule has 124 valence electrons. The molecule has 0 unspecified atom stereocenters. The molecular formula is C23H20O2. The fourth-order valence-electron chi connectivity index (χ4n) is 2.47. The zero-order valence-corrected chi connectivity index (χ0v) is 14.2. The lowest BCUT2D eigenvalue weighted by molar-refractivity contribution is 0.104. The molecule has 0 spiro atoms. The van der Waals surface area contributed by atoms with Gasteiger partial charge in [0.15, 0.2) is 5.78 Å². The number of para-hydroxylation sites is 1. The fraction of sp³-hybridized carbons (Fsp3) is 0.0870. The molecule has 0 radical (unpaired) electrons. The SMILES string of the molecule is Cc1ccc(C=CC(=O)c2ccccc2OCc2ccccc2)cc1. The minimum atomic E-state index is -0.0655. The lowest BCUT2D eigenvalue weighted by Gasteiger charge is -2.09. The molecule has 0 atom stereocenters. The number of allylic oxidation sites excluding steroid dienone is 1. The van der Waals surface area contributed by atoms with Crippen LogP contribution in [0, 0.1) is 6.92 Å². The first-order valence-electron chi connectivity index (χ1n) is 8.27. The minimum Gasteiger partial charge on any atom is -0.488 e. The van der Waals surface area contributed by atoms with E-state index < -0.39 is 0 Å². The molecule has 2 nitrogen and oxygen atoms in total. The van der Waals surface area contributed by atoms with Gasteiger partial charge < -0.3 is 4.74 Å². The summed E-state index contributed by atoms with van der Waals surface area (Å²) >= 11 is 0. The van der Waals surface area contributed by atoms with Gasteiger partial charge in [-0.25, -0.2) is 0 Å². The van der Waals surface area contributed by atoms with Crippen molar-refractivity contribution in [2.24, 2.45) is 0 Å². The Hall–Kier alpha value is -3.13. The second-order valence-corrected chi connectivity index (χ2v) is 5.88. The summed E-state index contributed by atoms with van der Waals surface area (Å²) < 4.78 is 5.86. The molecule has 0 saturated heterocycles. The highest BCUT2D eigenvalue weighted by atomic mass is 16.5. The molecule has 2 heteroatoms. The Kier molecular flexibility index (Phi) is 5.43. The number of aryl methyl sites for hydroxylation is 1. The lowest BCUT2D eigenvalue weighted by atomic mass is 10.1. The molecular weight excluding hydrogens is 308 g/mol. The van der Waals surface area contributed by atoms with Crippen molar-refractivity contribution < 1.29 is 9.53 Å². The van der Waals surface area contributed by atoms with E-state index in [1.165, 1.54) is 5.56 Å². The van der Waals surface area contributed by atoms with E-state index >= 15 is 0 Å². The quantitative estimate of drug-likeness (QED) is 0.443. The van der Waals surface area contributed by atoms with E-state index in [0.717, 1.165) is 11.1 Å². The number of carbonyl (C=O) groups is 1. The molecule has 3 rings (SSSR count). The maximum absolute atomic E-state index is 12.6. The number of carbonyl (C=O) groups excluding carboxylic acids is 1. The van der Waals surface area contributed by atoms with E-state index in [0.29, 0.717) is 17.9 Å². The van der Waals surface area contributed by atoms with Crippen LogP contribution in [0.1, 0.15) is 27.0 Å². The first kappa shape index (κ1) is 16.7. The van der Waals surface area contributed by atoms with Crippen LogP contribution >= 0.6 is 0 Å². The molecule has 0 aliphatic carbocycles. The highest BCUT2D eigenvalue weighted by molar-refractivity contribution is 6.08. The molecule has 0 aliphatic rings. The highest BCUT2D eigenvalue weighted by Crippen LogP contribution is 2.21. The van der Waals surface area contributed by atoms with Crippen molar-refractivity contribution in [3.63, 3.8) is 0 Å². The Bertz CT molecular complexity index is 862. The molecule has 25 heavy (non-hydrogen) atoms. The van der Waals surface area contributed by atoms with Crippen LogP contribution in [0.5, 0.6) is 5.75 Å². The van der Waals surface area contributed by atoms with Gasteiger partial charge >= 0.3 is 0 Å². The van der Waals surface area contributed by atoms with Crippen LogP contribution in [0.25, 0.3) is 6.08 Å². The van der Waals surface area contributed by atoms with Crippen LogP contribution in [-0.2, 0) is 6.61 Å². The summed E-state index contributed by atoms with van der Waals surface area (Å²) in [7, 11) is 0. The van der Waals surface area contributed by atoms with E-state index in [1.807, 2.05) is 85.8 Å². The molecule has 0 saturated carbocycles. The summed E-state index contributed by atoms with van der Waals surface area (Å²) in [6.07, 6.45) is 3.42. The van der Waals surface area contributed by atoms with Crippen molar-refractivity contribution >= 4 is 11.9 Å². The molecule has 0 amide bonds. The Labute approximate surface area is 148 Å². The second-order valence-electron chi connectivity index (χ2n) is 5.88. The van der Waals surface area contributed by atoms with Crippen molar-refractivity contribution in [3.8, 4) is 5.75 Å². The van der Waals surface area contributed by atoms with E-state index in [2.05, 4.69) is 0 Å². The van der Waals surface area contributed by atoms with Crippen LogP contribution in [0.15, 0.2) is 84.9 Å². The van der Waals surface area contributed by atoms with Gasteiger partial charge in [-0.2, -0.15) is 0 Å². The van der Waals surface area contributed by atoms with Gasteiger partial charge in [0, 0.05) is 0 Å². The number of hydrogen-bond acceptors (Lipinski definition) is 2. The number of benzene rings is 3. The van der Waals surface area contributed by atoms with Gasteiger partial charge in [0.2, 0.25) is 0 Å². The normalized spacial score (nSPS) is 10.8. The number of ketones is 1. The minimum absolute atomic E-state index is 0.0655. The van der Waals surface area contributed by atoms with Crippen LogP contribution < -0.4 is 4.74 Å². The maximum Gasteiger partial charge on any atom is 0.189 e. The Morgan fingerprint density at radius 1 is 0.880 bits per heavy atom. The van der Waals surface area contributed by atoms with Gasteiger partial charge in [-0.05, 0) is 36.3 Å². The second kappa shape index (κ2) is 8.11. The molecule has 0 bridgehead atoms. The Balaban J connectivity index is 1.73. The van der Waals surface area contributed by atoms with Crippen molar-refractivity contribution in [1.29, 1.82) is 0 Å². The summed E-state index contributed by atoms with van der Waals surface area (Å²) in [6, 6.07) is 25.3. The van der Waals surface area contributed by atoms with Gasteiger partial charge in [-0.15, -0.1) is 0 Å². The van der Waals surface area contributed by atoms with Crippen LogP contribution in [0.2, 0.25) is 0 Å². The summed E-state index contributed by atoms with van der Waals surface area (Å²) in [5.41, 5.74) is 3.84. The number of ether oxygens (including phenoxy) is 1. The molecule has 0 aromatic heterocycles. The van der Waals surface area contributed by atoms with Crippen LogP contribution in [-0.4, -0.2) is 5.78 Å². The fourth-order valence-corrected chi connectivity index (χ4v) is 2.47. The molecule has 3 aromatic carbocycles. The zero-order chi connectivity index (χ0) is 17.5. The van der Waals surface area contributed by atoms with Gasteiger partial charge in [0.25, 0.3) is 0 Å². The van der Waals surface area contributed by atoms with Gasteiger partial charge in [-0.1, -0.05) is 78.4 Å². The smallest absolute Gasteiger partial charge is 0.189 e. The van der Waals surface area contributed by atoms with Crippen LogP contribution in [0.3, 0.4) is 0 Å². The molecule has 0 heterocycles. The van der Waals surface area contributed by atoms with Gasteiger partial charge in [-0.3, -0.25) is 4.79 Å². The average Bonchev–Trinajstić information content (AvgIpc) is 2.67. The van der Waals surface area contributed by atoms with E-state index in [9.17, 15) is 4.79 Å². The summed E-state index contributed by atoms with van der Waals surface area (Å²) in [5, 5.41) is 0. The molecule has 0 fully saturated rings. The van der Waals surface area contributed by atoms with Crippen molar-refractivity contribution in [3.05, 3.63) is 107 Å². The topological polar surface area (TPSA) is 26.3 Å². The predicted molar refractivity (Wildman–Crippen MR) is 102 cm³/mol. The van der Waals surface area contributed by atoms with Crippen LogP contribution in [0.4, 0.5) is 0 Å². The van der Waals surface area contributed by atoms with Crippen molar-refractivity contribution in [1.82, 2.24) is 0 Å². The Morgan fingerprint density at radius 2 is 1.56 bits per heavy atom. The zero-order valence-electron chi connectivity index (χ0n) is 14.2. The predicted octanol–water partition coefficient (Wildman–Crippen LogP) is 5.47. The third-order valence-electron chi connectivity index (χ3n) is 3.89. The van der Waals surface area contributed by atoms with Crippen molar-refractivity contribution in [2.75, 3.05) is 0 Å². The summed E-state index contributed by atoms with van der Waals surface area (Å²) in [4.78, 5) is 12.6. The standard InChI is InChI=1S/C23H20O2/c1-18-11-13-19(14-12-18)15-16-22(24)21-9-5-6-10-23(21)25-17-20-7-3-2-4-8-20/h2-16H,17H2,1H3. The third-order valence-corrected chi connectivity index (χ3v) is 3.89. The summed E-state index contributed by atoms with van der Waals surface area (Å²) in [6.45, 7) is 2.48. The van der Waals surface area contributed by atoms with E-state index in [1.54, 1.807) is 12.1 Å². The van der Waals surface area contributed by atoms with Gasteiger partial charge in [0.1, 0.15) is 12.4 Å². The average molecular weight is 328 g/mol. The maximum atomic E-state index is 12.6. The van der Waals surface area contributed by atoms with E-state index in [-0.39, 0.29) is 5.78 Å². The van der Waals surface area contributed by atoms with E-state index in [4.69, 9.17) is 4.74 Å². The molecule has 3 aromatic rings. The first-order chi connectivity index (χ1) is 12.2. The monoisotopic (exact) mass is 328 g/mol. The highest BCUT2D eigenvalue weighted by Gasteiger charge is 2.09. The third kappa shape index (κ3) is 4.67. The largest absolute Gasteiger partial charge is 0.488 e. The molecule has 0 N–H and O–H groups in total. The summed E-state index contributed by atoms with van der Waals surface area (Å²) in [5.74, 6) is 0.536. The van der Waals surface area contributed by atoms with Gasteiger partial charge in [0.05, 0.1) is 5.56 Å². The Morgan fingerprint density at radius 3 is 2.32 bits per heavy atom. The number of rotatable bonds is 6. The molecule has 0 aliphatic heterocycles. The first-order valence-corrected chi connectivity index (χ1v) is 8.27.